The van der Waals surface area contributed by atoms with Gasteiger partial charge in [0, 0.05) is 19.3 Å². The fourth-order valence-electron chi connectivity index (χ4n) is 8.29. The molecule has 0 heterocycles. The standard InChI is InChI=1S/C66H112O6/c1-4-7-10-13-16-19-22-23-24-25-26-27-28-29-30-31-32-33-34-35-36-37-38-39-40-41-42-43-45-47-50-53-56-59-65(68)71-62-63(61-70-64(67)58-55-52-49-46-21-18-15-12-9-6-3)72-66(69)60-57-54-51-48-44-20-17-14-11-8-5-2/h7,10,14,16-17,19,23-24,26-27,29-30,32-33,35-36,63H,4-6,8-9,11-13,15,18,20-22,25,28,31,34,37-62H2,1-3H3/b10-7-,17-14-,19-16-,24-23-,27-26-,30-29-,33-32-,36-35-. The third kappa shape index (κ3) is 57.2. The van der Waals surface area contributed by atoms with Crippen LogP contribution in [0.1, 0.15) is 284 Å². The maximum atomic E-state index is 12.8. The van der Waals surface area contributed by atoms with Crippen LogP contribution in [-0.2, 0) is 28.6 Å². The van der Waals surface area contributed by atoms with Crippen molar-refractivity contribution in [2.24, 2.45) is 0 Å². The van der Waals surface area contributed by atoms with Gasteiger partial charge in [0.2, 0.25) is 0 Å². The Morgan fingerprint density at radius 2 is 0.556 bits per heavy atom. The van der Waals surface area contributed by atoms with Crippen LogP contribution in [0.15, 0.2) is 97.2 Å². The minimum Gasteiger partial charge on any atom is -0.462 e. The van der Waals surface area contributed by atoms with Crippen LogP contribution < -0.4 is 0 Å². The lowest BCUT2D eigenvalue weighted by Crippen LogP contribution is -2.30. The van der Waals surface area contributed by atoms with Crippen molar-refractivity contribution in [3.63, 3.8) is 0 Å². The number of carbonyl (C=O) groups is 3. The summed E-state index contributed by atoms with van der Waals surface area (Å²) in [4.78, 5) is 38.0. The van der Waals surface area contributed by atoms with Gasteiger partial charge in [0.1, 0.15) is 13.2 Å². The Hall–Kier alpha value is -3.67. The Morgan fingerprint density at radius 1 is 0.292 bits per heavy atom. The van der Waals surface area contributed by atoms with E-state index in [4.69, 9.17) is 14.2 Å². The maximum absolute atomic E-state index is 12.8. The fourth-order valence-corrected chi connectivity index (χ4v) is 8.29. The van der Waals surface area contributed by atoms with Gasteiger partial charge in [-0.05, 0) is 96.3 Å². The molecule has 1 atom stereocenters. The van der Waals surface area contributed by atoms with Crippen LogP contribution in [-0.4, -0.2) is 37.2 Å². The van der Waals surface area contributed by atoms with E-state index in [0.29, 0.717) is 19.3 Å². The first-order valence-corrected chi connectivity index (χ1v) is 30.2. The first-order valence-electron chi connectivity index (χ1n) is 30.2. The summed E-state index contributed by atoms with van der Waals surface area (Å²) in [5.41, 5.74) is 0. The van der Waals surface area contributed by atoms with Gasteiger partial charge in [-0.25, -0.2) is 0 Å². The minimum absolute atomic E-state index is 0.0783. The van der Waals surface area contributed by atoms with Gasteiger partial charge < -0.3 is 14.2 Å². The molecule has 6 heteroatoms. The summed E-state index contributed by atoms with van der Waals surface area (Å²) in [5, 5.41) is 0. The molecule has 72 heavy (non-hydrogen) atoms. The SMILES string of the molecule is CC/C=C\C/C=C\C/C=C\C/C=C\C/C=C\C/C=C\C/C=C\CCCCCCCCCCCCCC(=O)OCC(COC(=O)CCCCCCCCCCCC)OC(=O)CCCCCCC/C=C\CCCC. The van der Waals surface area contributed by atoms with Crippen LogP contribution in [0.2, 0.25) is 0 Å². The molecule has 6 nitrogen and oxygen atoms in total. The van der Waals surface area contributed by atoms with E-state index in [-0.39, 0.29) is 31.1 Å². The maximum Gasteiger partial charge on any atom is 0.306 e. The molecule has 0 aromatic carbocycles. The van der Waals surface area contributed by atoms with Crippen LogP contribution in [0.5, 0.6) is 0 Å². The van der Waals surface area contributed by atoms with Crippen molar-refractivity contribution < 1.29 is 28.6 Å². The summed E-state index contributed by atoms with van der Waals surface area (Å²) in [6.45, 7) is 6.47. The normalized spacial score (nSPS) is 12.8. The Bertz CT molecular complexity index is 1430. The average Bonchev–Trinajstić information content (AvgIpc) is 3.38. The predicted molar refractivity (Wildman–Crippen MR) is 311 cm³/mol. The second kappa shape index (κ2) is 59.9. The van der Waals surface area contributed by atoms with Gasteiger partial charge in [0.25, 0.3) is 0 Å². The van der Waals surface area contributed by atoms with Crippen molar-refractivity contribution in [1.82, 2.24) is 0 Å². The van der Waals surface area contributed by atoms with E-state index < -0.39 is 6.10 Å². The zero-order chi connectivity index (χ0) is 52.2. The van der Waals surface area contributed by atoms with Crippen LogP contribution in [0.4, 0.5) is 0 Å². The highest BCUT2D eigenvalue weighted by molar-refractivity contribution is 5.71. The summed E-state index contributed by atoms with van der Waals surface area (Å²) in [6, 6.07) is 0. The van der Waals surface area contributed by atoms with E-state index in [1.807, 2.05) is 0 Å². The number of ether oxygens (including phenoxy) is 3. The van der Waals surface area contributed by atoms with E-state index in [1.165, 1.54) is 128 Å². The number of unbranched alkanes of at least 4 members (excludes halogenated alkanes) is 27. The molecule has 1 unspecified atom stereocenters. The molecular formula is C66H112O6. The zero-order valence-corrected chi connectivity index (χ0v) is 47.2. The summed E-state index contributed by atoms with van der Waals surface area (Å²) in [5.74, 6) is -0.889. The van der Waals surface area contributed by atoms with Gasteiger partial charge in [-0.3, -0.25) is 14.4 Å². The molecule has 0 aliphatic heterocycles. The van der Waals surface area contributed by atoms with Crippen molar-refractivity contribution >= 4 is 17.9 Å². The number of esters is 3. The molecule has 0 radical (unpaired) electrons. The van der Waals surface area contributed by atoms with E-state index in [2.05, 4.69) is 118 Å². The summed E-state index contributed by atoms with van der Waals surface area (Å²) in [7, 11) is 0. The molecule has 0 amide bonds. The number of hydrogen-bond acceptors (Lipinski definition) is 6. The van der Waals surface area contributed by atoms with E-state index in [1.54, 1.807) is 0 Å². The molecule has 0 fully saturated rings. The molecule has 0 spiro atoms. The number of rotatable bonds is 54. The summed E-state index contributed by atoms with van der Waals surface area (Å²) >= 11 is 0. The van der Waals surface area contributed by atoms with Crippen LogP contribution in [0.3, 0.4) is 0 Å². The zero-order valence-electron chi connectivity index (χ0n) is 47.2. The molecule has 0 aromatic rings. The fraction of sp³-hybridized carbons (Fsp3) is 0.712. The van der Waals surface area contributed by atoms with Crippen molar-refractivity contribution in [3.05, 3.63) is 97.2 Å². The van der Waals surface area contributed by atoms with E-state index >= 15 is 0 Å². The molecule has 0 N–H and O–H groups in total. The van der Waals surface area contributed by atoms with Gasteiger partial charge in [-0.2, -0.15) is 0 Å². The summed E-state index contributed by atoms with van der Waals surface area (Å²) < 4.78 is 16.8. The van der Waals surface area contributed by atoms with Crippen LogP contribution in [0.25, 0.3) is 0 Å². The Labute approximate surface area is 445 Å². The van der Waals surface area contributed by atoms with Crippen molar-refractivity contribution in [2.75, 3.05) is 13.2 Å². The van der Waals surface area contributed by atoms with Gasteiger partial charge in [0.15, 0.2) is 6.10 Å². The van der Waals surface area contributed by atoms with Gasteiger partial charge in [-0.1, -0.05) is 266 Å². The molecule has 0 rings (SSSR count). The second-order valence-electron chi connectivity index (χ2n) is 19.9. The third-order valence-electron chi connectivity index (χ3n) is 12.8. The monoisotopic (exact) mass is 1000 g/mol. The van der Waals surface area contributed by atoms with Crippen LogP contribution >= 0.6 is 0 Å². The van der Waals surface area contributed by atoms with Crippen molar-refractivity contribution in [3.8, 4) is 0 Å². The number of allylic oxidation sites excluding steroid dienone is 16. The van der Waals surface area contributed by atoms with Gasteiger partial charge >= 0.3 is 17.9 Å². The molecule has 0 aliphatic rings. The van der Waals surface area contributed by atoms with E-state index in [9.17, 15) is 14.4 Å². The van der Waals surface area contributed by atoms with Crippen molar-refractivity contribution in [2.45, 2.75) is 290 Å². The predicted octanol–water partition coefficient (Wildman–Crippen LogP) is 20.5. The first kappa shape index (κ1) is 68.3. The van der Waals surface area contributed by atoms with Crippen LogP contribution in [0, 0.1) is 0 Å². The highest BCUT2D eigenvalue weighted by atomic mass is 16.6. The smallest absolute Gasteiger partial charge is 0.306 e. The highest BCUT2D eigenvalue weighted by Gasteiger charge is 2.19. The topological polar surface area (TPSA) is 78.9 Å². The molecule has 0 saturated heterocycles. The van der Waals surface area contributed by atoms with Gasteiger partial charge in [0.05, 0.1) is 0 Å². The average molecular weight is 1000 g/mol. The Kier molecular flexibility index (Phi) is 56.8. The molecule has 0 bridgehead atoms. The Morgan fingerprint density at radius 3 is 0.903 bits per heavy atom. The lowest BCUT2D eigenvalue weighted by Gasteiger charge is -2.18. The lowest BCUT2D eigenvalue weighted by molar-refractivity contribution is -0.167. The van der Waals surface area contributed by atoms with Gasteiger partial charge in [-0.15, -0.1) is 0 Å². The minimum atomic E-state index is -0.779. The molecule has 0 saturated carbocycles. The van der Waals surface area contributed by atoms with E-state index in [0.717, 1.165) is 116 Å². The second-order valence-corrected chi connectivity index (χ2v) is 19.9. The first-order chi connectivity index (χ1) is 35.5. The highest BCUT2D eigenvalue weighted by Crippen LogP contribution is 2.15. The largest absolute Gasteiger partial charge is 0.462 e. The summed E-state index contributed by atoms with van der Waals surface area (Å²) in [6.07, 6.45) is 79.9. The lowest BCUT2D eigenvalue weighted by atomic mass is 10.0. The van der Waals surface area contributed by atoms with Crippen molar-refractivity contribution in [1.29, 1.82) is 0 Å². The molecular weight excluding hydrogens is 889 g/mol. The number of carbonyl (C=O) groups excluding carboxylic acids is 3. The molecule has 0 aliphatic carbocycles. The Balaban J connectivity index is 4.11. The number of hydrogen-bond donors (Lipinski definition) is 0. The molecule has 412 valence electrons. The third-order valence-corrected chi connectivity index (χ3v) is 12.8. The molecule has 0 aromatic heterocycles. The quantitative estimate of drug-likeness (QED) is 0.0261.